The fraction of sp³-hybridized carbons (Fsp3) is 0.0714. The van der Waals surface area contributed by atoms with Crippen molar-refractivity contribution in [2.75, 3.05) is 5.32 Å². The molecule has 2 aromatic rings. The number of anilines is 1. The van der Waals surface area contributed by atoms with E-state index in [-0.39, 0.29) is 5.69 Å². The molecule has 0 spiro atoms. The second-order valence-electron chi connectivity index (χ2n) is 4.00. The van der Waals surface area contributed by atoms with Crippen molar-refractivity contribution in [1.82, 2.24) is 0 Å². The minimum atomic E-state index is -0.834. The first-order chi connectivity index (χ1) is 9.08. The average molecular weight is 323 g/mol. The summed E-state index contributed by atoms with van der Waals surface area (Å²) in [6, 6.07) is 12.4. The first kappa shape index (κ1) is 13.7. The van der Waals surface area contributed by atoms with Crippen LogP contribution < -0.4 is 11.1 Å². The summed E-state index contributed by atoms with van der Waals surface area (Å²) in [5.74, 6) is -0.958. The van der Waals surface area contributed by atoms with Crippen molar-refractivity contribution in [2.45, 2.75) is 6.04 Å². The quantitative estimate of drug-likeness (QED) is 0.911. The lowest BCUT2D eigenvalue weighted by atomic mass is 10.1. The number of benzene rings is 2. The van der Waals surface area contributed by atoms with Gasteiger partial charge in [0.1, 0.15) is 11.9 Å². The zero-order valence-electron chi connectivity index (χ0n) is 9.94. The van der Waals surface area contributed by atoms with Gasteiger partial charge in [-0.05, 0) is 23.8 Å². The van der Waals surface area contributed by atoms with Crippen LogP contribution in [0.1, 0.15) is 11.6 Å². The summed E-state index contributed by atoms with van der Waals surface area (Å²) in [5.41, 5.74) is 6.61. The molecule has 0 radical (unpaired) electrons. The lowest BCUT2D eigenvalue weighted by Crippen LogP contribution is -2.28. The molecule has 0 aromatic heterocycles. The van der Waals surface area contributed by atoms with E-state index >= 15 is 0 Å². The molecule has 0 bridgehead atoms. The Morgan fingerprint density at radius 3 is 2.58 bits per heavy atom. The molecule has 0 saturated carbocycles. The van der Waals surface area contributed by atoms with Gasteiger partial charge in [0.25, 0.3) is 0 Å². The second kappa shape index (κ2) is 5.95. The fourth-order valence-electron chi connectivity index (χ4n) is 1.62. The van der Waals surface area contributed by atoms with Crippen molar-refractivity contribution in [1.29, 1.82) is 0 Å². The molecule has 0 heterocycles. The topological polar surface area (TPSA) is 55.1 Å². The van der Waals surface area contributed by atoms with Gasteiger partial charge in [-0.1, -0.05) is 46.3 Å². The molecule has 0 unspecified atom stereocenters. The molecule has 1 amide bonds. The second-order valence-corrected chi connectivity index (χ2v) is 4.92. The van der Waals surface area contributed by atoms with Gasteiger partial charge in [-0.2, -0.15) is 0 Å². The van der Waals surface area contributed by atoms with E-state index in [1.54, 1.807) is 30.3 Å². The van der Waals surface area contributed by atoms with Crippen LogP contribution in [-0.4, -0.2) is 5.91 Å². The van der Waals surface area contributed by atoms with Crippen LogP contribution in [0.4, 0.5) is 10.1 Å². The van der Waals surface area contributed by atoms with Gasteiger partial charge < -0.3 is 11.1 Å². The van der Waals surface area contributed by atoms with E-state index in [1.165, 1.54) is 12.1 Å². The van der Waals surface area contributed by atoms with E-state index < -0.39 is 17.8 Å². The third kappa shape index (κ3) is 3.39. The Bertz CT molecular complexity index is 589. The highest BCUT2D eigenvalue weighted by Gasteiger charge is 2.17. The molecule has 2 aromatic carbocycles. The van der Waals surface area contributed by atoms with Gasteiger partial charge in [-0.25, -0.2) is 4.39 Å². The van der Waals surface area contributed by atoms with Crippen LogP contribution in [0.25, 0.3) is 0 Å². The molecule has 2 rings (SSSR count). The van der Waals surface area contributed by atoms with Gasteiger partial charge in [0.05, 0.1) is 5.69 Å². The van der Waals surface area contributed by atoms with Crippen LogP contribution in [0.15, 0.2) is 53.0 Å². The van der Waals surface area contributed by atoms with E-state index in [0.717, 1.165) is 0 Å². The molecular weight excluding hydrogens is 311 g/mol. The molecule has 0 aliphatic heterocycles. The van der Waals surface area contributed by atoms with Crippen LogP contribution >= 0.6 is 15.9 Å². The third-order valence-corrected chi connectivity index (χ3v) is 3.12. The summed E-state index contributed by atoms with van der Waals surface area (Å²) >= 11 is 3.22. The summed E-state index contributed by atoms with van der Waals surface area (Å²) in [6.45, 7) is 0. The number of rotatable bonds is 3. The highest BCUT2D eigenvalue weighted by molar-refractivity contribution is 9.10. The van der Waals surface area contributed by atoms with Gasteiger partial charge in [0.2, 0.25) is 5.91 Å². The van der Waals surface area contributed by atoms with Crippen LogP contribution in [-0.2, 0) is 4.79 Å². The zero-order chi connectivity index (χ0) is 13.8. The smallest absolute Gasteiger partial charge is 0.245 e. The minimum Gasteiger partial charge on any atom is -0.322 e. The number of nitrogens with one attached hydrogen (secondary N) is 1. The molecule has 19 heavy (non-hydrogen) atoms. The first-order valence-electron chi connectivity index (χ1n) is 5.64. The van der Waals surface area contributed by atoms with E-state index in [0.29, 0.717) is 10.0 Å². The molecule has 98 valence electrons. The van der Waals surface area contributed by atoms with Crippen LogP contribution in [0.3, 0.4) is 0 Å². The van der Waals surface area contributed by atoms with Crippen LogP contribution in [0.5, 0.6) is 0 Å². The SMILES string of the molecule is N[C@@H](C(=O)Nc1cc(Br)ccc1F)c1ccccc1. The Labute approximate surface area is 118 Å². The third-order valence-electron chi connectivity index (χ3n) is 2.63. The molecule has 3 N–H and O–H groups in total. The molecule has 5 heteroatoms. The standard InChI is InChI=1S/C14H12BrFN2O/c15-10-6-7-11(16)12(8-10)18-14(19)13(17)9-4-2-1-3-5-9/h1-8,13H,17H2,(H,18,19)/t13-/m1/s1. The molecule has 1 atom stereocenters. The Morgan fingerprint density at radius 1 is 1.21 bits per heavy atom. The molecular formula is C14H12BrFN2O. The highest BCUT2D eigenvalue weighted by Crippen LogP contribution is 2.21. The molecule has 0 aliphatic rings. The molecule has 3 nitrogen and oxygen atoms in total. The van der Waals surface area contributed by atoms with Gasteiger partial charge in [-0.15, -0.1) is 0 Å². The van der Waals surface area contributed by atoms with Crippen LogP contribution in [0, 0.1) is 5.82 Å². The maximum absolute atomic E-state index is 13.5. The Hall–Kier alpha value is -1.72. The van der Waals surface area contributed by atoms with Gasteiger partial charge >= 0.3 is 0 Å². The summed E-state index contributed by atoms with van der Waals surface area (Å²) in [6.07, 6.45) is 0. The summed E-state index contributed by atoms with van der Waals surface area (Å²) in [4.78, 5) is 12.0. The van der Waals surface area contributed by atoms with Crippen molar-refractivity contribution in [3.8, 4) is 0 Å². The molecule has 0 saturated heterocycles. The summed E-state index contributed by atoms with van der Waals surface area (Å²) < 4.78 is 14.2. The largest absolute Gasteiger partial charge is 0.322 e. The maximum atomic E-state index is 13.5. The van der Waals surface area contributed by atoms with E-state index in [9.17, 15) is 9.18 Å². The van der Waals surface area contributed by atoms with E-state index in [4.69, 9.17) is 5.73 Å². The van der Waals surface area contributed by atoms with E-state index in [2.05, 4.69) is 21.2 Å². The Balaban J connectivity index is 2.15. The van der Waals surface area contributed by atoms with Gasteiger partial charge in [0, 0.05) is 4.47 Å². The summed E-state index contributed by atoms with van der Waals surface area (Å²) in [5, 5.41) is 2.48. The Kier molecular flexibility index (Phi) is 4.29. The number of hydrogen-bond donors (Lipinski definition) is 2. The lowest BCUT2D eigenvalue weighted by Gasteiger charge is -2.13. The normalized spacial score (nSPS) is 11.9. The van der Waals surface area contributed by atoms with Crippen molar-refractivity contribution in [3.05, 3.63) is 64.4 Å². The number of carbonyl (C=O) groups is 1. The van der Waals surface area contributed by atoms with Crippen molar-refractivity contribution >= 4 is 27.5 Å². The van der Waals surface area contributed by atoms with E-state index in [1.807, 2.05) is 6.07 Å². The fourth-order valence-corrected chi connectivity index (χ4v) is 1.98. The zero-order valence-corrected chi connectivity index (χ0v) is 11.5. The van der Waals surface area contributed by atoms with Crippen LogP contribution in [0.2, 0.25) is 0 Å². The van der Waals surface area contributed by atoms with Crippen molar-refractivity contribution in [3.63, 3.8) is 0 Å². The predicted octanol–water partition coefficient (Wildman–Crippen LogP) is 3.23. The van der Waals surface area contributed by atoms with Crippen molar-refractivity contribution in [2.24, 2.45) is 5.73 Å². The van der Waals surface area contributed by atoms with Crippen molar-refractivity contribution < 1.29 is 9.18 Å². The van der Waals surface area contributed by atoms with Gasteiger partial charge in [-0.3, -0.25) is 4.79 Å². The first-order valence-corrected chi connectivity index (χ1v) is 6.43. The number of nitrogens with two attached hydrogens (primary N) is 1. The predicted molar refractivity (Wildman–Crippen MR) is 76.1 cm³/mol. The monoisotopic (exact) mass is 322 g/mol. The number of halogens is 2. The molecule has 0 aliphatic carbocycles. The number of amides is 1. The number of hydrogen-bond acceptors (Lipinski definition) is 2. The minimum absolute atomic E-state index is 0.103. The lowest BCUT2D eigenvalue weighted by molar-refractivity contribution is -0.117. The average Bonchev–Trinajstić information content (AvgIpc) is 2.43. The Morgan fingerprint density at radius 2 is 1.89 bits per heavy atom. The highest BCUT2D eigenvalue weighted by atomic mass is 79.9. The summed E-state index contributed by atoms with van der Waals surface area (Å²) in [7, 11) is 0. The van der Waals surface area contributed by atoms with Gasteiger partial charge in [0.15, 0.2) is 0 Å². The molecule has 0 fully saturated rings. The maximum Gasteiger partial charge on any atom is 0.245 e. The number of carbonyl (C=O) groups excluding carboxylic acids is 1.